The molecule has 0 saturated carbocycles. The van der Waals surface area contributed by atoms with Gasteiger partial charge in [0.05, 0.1) is 16.6 Å². The Bertz CT molecular complexity index is 495. The van der Waals surface area contributed by atoms with Crippen LogP contribution in [0.15, 0.2) is 15.9 Å². The summed E-state index contributed by atoms with van der Waals surface area (Å²) < 4.78 is 6.59. The number of hydrogen-bond donors (Lipinski definition) is 1. The van der Waals surface area contributed by atoms with Gasteiger partial charge in [-0.3, -0.25) is 0 Å². The summed E-state index contributed by atoms with van der Waals surface area (Å²) in [5.74, 6) is 0.531. The molecule has 2 rings (SSSR count). The zero-order chi connectivity index (χ0) is 10.3. The van der Waals surface area contributed by atoms with E-state index < -0.39 is 0 Å². The third-order valence-corrected chi connectivity index (χ3v) is 4.05. The summed E-state index contributed by atoms with van der Waals surface area (Å²) in [6, 6.07) is 1.77. The number of halogens is 2. The molecule has 74 valence electrons. The number of ether oxygens (including phenoxy) is 1. The van der Waals surface area contributed by atoms with Gasteiger partial charge < -0.3 is 9.84 Å². The highest BCUT2D eigenvalue weighted by atomic mass is 79.9. The van der Waals surface area contributed by atoms with Gasteiger partial charge in [-0.2, -0.15) is 0 Å². The fourth-order valence-electron chi connectivity index (χ4n) is 1.24. The van der Waals surface area contributed by atoms with Crippen LogP contribution in [0.2, 0.25) is 5.02 Å². The van der Waals surface area contributed by atoms with Gasteiger partial charge in [-0.05, 0) is 15.9 Å². The van der Waals surface area contributed by atoms with E-state index in [0.717, 1.165) is 10.1 Å². The van der Waals surface area contributed by atoms with E-state index in [9.17, 15) is 5.11 Å². The summed E-state index contributed by atoms with van der Waals surface area (Å²) in [6.07, 6.45) is 0. The SMILES string of the molecule is COc1cc2scc(Cl)c2c(Br)c1O. The van der Waals surface area contributed by atoms with Crippen LogP contribution in [0.5, 0.6) is 11.5 Å². The predicted molar refractivity (Wildman–Crippen MR) is 62.8 cm³/mol. The Labute approximate surface area is 98.2 Å². The van der Waals surface area contributed by atoms with Gasteiger partial charge in [0.25, 0.3) is 0 Å². The van der Waals surface area contributed by atoms with Crippen LogP contribution in [0, 0.1) is 0 Å². The van der Waals surface area contributed by atoms with Gasteiger partial charge in [-0.1, -0.05) is 11.6 Å². The maximum Gasteiger partial charge on any atom is 0.172 e. The molecule has 0 atom stereocenters. The first-order chi connectivity index (χ1) is 6.65. The molecule has 14 heavy (non-hydrogen) atoms. The van der Waals surface area contributed by atoms with E-state index in [1.165, 1.54) is 18.4 Å². The molecule has 2 aromatic rings. The van der Waals surface area contributed by atoms with E-state index in [4.69, 9.17) is 16.3 Å². The van der Waals surface area contributed by atoms with E-state index in [0.29, 0.717) is 15.2 Å². The average molecular weight is 294 g/mol. The summed E-state index contributed by atoms with van der Waals surface area (Å²) in [4.78, 5) is 0. The van der Waals surface area contributed by atoms with Crippen molar-refractivity contribution in [2.45, 2.75) is 0 Å². The Morgan fingerprint density at radius 1 is 1.57 bits per heavy atom. The maximum absolute atomic E-state index is 9.71. The highest BCUT2D eigenvalue weighted by Gasteiger charge is 2.14. The van der Waals surface area contributed by atoms with Crippen molar-refractivity contribution in [1.82, 2.24) is 0 Å². The average Bonchev–Trinajstić information content (AvgIpc) is 2.54. The Morgan fingerprint density at radius 3 is 2.93 bits per heavy atom. The summed E-state index contributed by atoms with van der Waals surface area (Å²) >= 11 is 10.8. The second kappa shape index (κ2) is 3.61. The largest absolute Gasteiger partial charge is 0.503 e. The van der Waals surface area contributed by atoms with Crippen molar-refractivity contribution >= 4 is 49.0 Å². The van der Waals surface area contributed by atoms with E-state index in [1.807, 2.05) is 5.38 Å². The normalized spacial score (nSPS) is 10.8. The predicted octanol–water partition coefficient (Wildman–Crippen LogP) is 4.03. The number of phenols is 1. The molecular formula is C9H6BrClO2S. The van der Waals surface area contributed by atoms with Gasteiger partial charge in [0.2, 0.25) is 0 Å². The Balaban J connectivity index is 2.87. The lowest BCUT2D eigenvalue weighted by molar-refractivity contribution is 0.373. The van der Waals surface area contributed by atoms with Gasteiger partial charge in [-0.25, -0.2) is 0 Å². The fourth-order valence-corrected chi connectivity index (χ4v) is 3.35. The van der Waals surface area contributed by atoms with Crippen LogP contribution >= 0.6 is 38.9 Å². The number of aromatic hydroxyl groups is 1. The van der Waals surface area contributed by atoms with E-state index >= 15 is 0 Å². The molecule has 1 heterocycles. The number of rotatable bonds is 1. The fraction of sp³-hybridized carbons (Fsp3) is 0.111. The zero-order valence-electron chi connectivity index (χ0n) is 7.17. The van der Waals surface area contributed by atoms with E-state index in [1.54, 1.807) is 6.07 Å². The van der Waals surface area contributed by atoms with Crippen molar-refractivity contribution < 1.29 is 9.84 Å². The molecule has 1 N–H and O–H groups in total. The van der Waals surface area contributed by atoms with Crippen molar-refractivity contribution in [1.29, 1.82) is 0 Å². The molecule has 0 bridgehead atoms. The number of fused-ring (bicyclic) bond motifs is 1. The molecule has 0 aliphatic carbocycles. The van der Waals surface area contributed by atoms with Crippen LogP contribution in [0.1, 0.15) is 0 Å². The summed E-state index contributed by atoms with van der Waals surface area (Å²) in [5, 5.41) is 13.0. The van der Waals surface area contributed by atoms with Crippen molar-refractivity contribution in [3.8, 4) is 11.5 Å². The van der Waals surface area contributed by atoms with Crippen LogP contribution in [0.25, 0.3) is 10.1 Å². The number of thiophene rings is 1. The highest BCUT2D eigenvalue weighted by molar-refractivity contribution is 9.10. The topological polar surface area (TPSA) is 29.5 Å². The zero-order valence-corrected chi connectivity index (χ0v) is 10.3. The Kier molecular flexibility index (Phi) is 2.60. The molecule has 2 nitrogen and oxygen atoms in total. The van der Waals surface area contributed by atoms with Crippen LogP contribution in [-0.4, -0.2) is 12.2 Å². The quantitative estimate of drug-likeness (QED) is 0.860. The standard InChI is InChI=1S/C9H6BrClO2S/c1-13-5-2-6-7(4(11)3-14-6)8(10)9(5)12/h2-3,12H,1H3. The second-order valence-corrected chi connectivity index (χ2v) is 4.81. The molecule has 5 heteroatoms. The minimum absolute atomic E-state index is 0.0836. The van der Waals surface area contributed by atoms with Crippen molar-refractivity contribution in [2.24, 2.45) is 0 Å². The van der Waals surface area contributed by atoms with Gasteiger partial charge in [0.1, 0.15) is 0 Å². The highest BCUT2D eigenvalue weighted by Crippen LogP contribution is 2.45. The molecule has 0 aliphatic heterocycles. The van der Waals surface area contributed by atoms with Crippen molar-refractivity contribution in [2.75, 3.05) is 7.11 Å². The summed E-state index contributed by atoms with van der Waals surface area (Å²) in [6.45, 7) is 0. The lowest BCUT2D eigenvalue weighted by atomic mass is 10.2. The van der Waals surface area contributed by atoms with Crippen LogP contribution in [0.4, 0.5) is 0 Å². The smallest absolute Gasteiger partial charge is 0.172 e. The summed E-state index contributed by atoms with van der Waals surface area (Å²) in [5.41, 5.74) is 0. The Hall–Kier alpha value is -0.450. The second-order valence-electron chi connectivity index (χ2n) is 2.70. The van der Waals surface area contributed by atoms with E-state index in [2.05, 4.69) is 15.9 Å². The first-order valence-corrected chi connectivity index (χ1v) is 5.82. The monoisotopic (exact) mass is 292 g/mol. The molecule has 0 unspecified atom stereocenters. The third kappa shape index (κ3) is 1.38. The summed E-state index contributed by atoms with van der Waals surface area (Å²) in [7, 11) is 1.52. The molecular weight excluding hydrogens is 288 g/mol. The molecule has 0 radical (unpaired) electrons. The first-order valence-electron chi connectivity index (χ1n) is 3.77. The van der Waals surface area contributed by atoms with Crippen LogP contribution in [-0.2, 0) is 0 Å². The van der Waals surface area contributed by atoms with Crippen molar-refractivity contribution in [3.05, 3.63) is 20.9 Å². The molecule has 0 spiro atoms. The Morgan fingerprint density at radius 2 is 2.29 bits per heavy atom. The van der Waals surface area contributed by atoms with Crippen LogP contribution in [0.3, 0.4) is 0 Å². The number of methoxy groups -OCH3 is 1. The molecule has 0 amide bonds. The first kappa shape index (κ1) is 10.1. The number of hydrogen-bond acceptors (Lipinski definition) is 3. The third-order valence-electron chi connectivity index (χ3n) is 1.92. The minimum Gasteiger partial charge on any atom is -0.503 e. The van der Waals surface area contributed by atoms with Crippen molar-refractivity contribution in [3.63, 3.8) is 0 Å². The van der Waals surface area contributed by atoms with Crippen LogP contribution < -0.4 is 4.74 Å². The molecule has 0 fully saturated rings. The lowest BCUT2D eigenvalue weighted by Crippen LogP contribution is -1.84. The van der Waals surface area contributed by atoms with Gasteiger partial charge in [0, 0.05) is 21.5 Å². The van der Waals surface area contributed by atoms with Gasteiger partial charge in [0.15, 0.2) is 11.5 Å². The van der Waals surface area contributed by atoms with E-state index in [-0.39, 0.29) is 5.75 Å². The van der Waals surface area contributed by atoms with Gasteiger partial charge >= 0.3 is 0 Å². The molecule has 0 aliphatic rings. The number of phenolic OH excluding ortho intramolecular Hbond substituents is 1. The lowest BCUT2D eigenvalue weighted by Gasteiger charge is -2.06. The van der Waals surface area contributed by atoms with Gasteiger partial charge in [-0.15, -0.1) is 11.3 Å². The maximum atomic E-state index is 9.71. The molecule has 1 aromatic carbocycles. The number of benzene rings is 1. The minimum atomic E-state index is 0.0836. The molecule has 1 aromatic heterocycles. The molecule has 0 saturated heterocycles.